The molecular formula is C19H21N3O3. The van der Waals surface area contributed by atoms with Crippen LogP contribution in [0, 0.1) is 11.3 Å². The van der Waals surface area contributed by atoms with Crippen LogP contribution in [0.1, 0.15) is 16.7 Å². The van der Waals surface area contributed by atoms with E-state index in [0.717, 1.165) is 11.1 Å². The molecule has 0 unspecified atom stereocenters. The third-order valence-electron chi connectivity index (χ3n) is 3.66. The summed E-state index contributed by atoms with van der Waals surface area (Å²) in [5.41, 5.74) is 2.50. The summed E-state index contributed by atoms with van der Waals surface area (Å²) in [7, 11) is 3.18. The molecule has 0 aliphatic rings. The Morgan fingerprint density at radius 1 is 1.04 bits per heavy atom. The van der Waals surface area contributed by atoms with Gasteiger partial charge in [0.25, 0.3) is 0 Å². The summed E-state index contributed by atoms with van der Waals surface area (Å²) in [4.78, 5) is 11.9. The van der Waals surface area contributed by atoms with Gasteiger partial charge in [0, 0.05) is 13.1 Å². The highest BCUT2D eigenvalue weighted by molar-refractivity contribution is 5.73. The first-order valence-electron chi connectivity index (χ1n) is 7.88. The molecule has 2 aromatic rings. The van der Waals surface area contributed by atoms with E-state index in [1.807, 2.05) is 24.3 Å². The van der Waals surface area contributed by atoms with E-state index >= 15 is 0 Å². The molecule has 0 saturated carbocycles. The molecule has 130 valence electrons. The number of carbonyl (C=O) groups is 1. The number of nitrogens with one attached hydrogen (secondary N) is 2. The smallest absolute Gasteiger partial charge is 0.315 e. The Labute approximate surface area is 147 Å². The van der Waals surface area contributed by atoms with Crippen molar-refractivity contribution in [2.45, 2.75) is 13.0 Å². The van der Waals surface area contributed by atoms with Crippen molar-refractivity contribution in [2.75, 3.05) is 20.8 Å². The molecule has 2 N–H and O–H groups in total. The lowest BCUT2D eigenvalue weighted by Gasteiger charge is -2.10. The van der Waals surface area contributed by atoms with Gasteiger partial charge in [-0.05, 0) is 41.8 Å². The zero-order chi connectivity index (χ0) is 18.1. The normalized spacial score (nSPS) is 9.80. The Hall–Kier alpha value is -3.20. The van der Waals surface area contributed by atoms with E-state index < -0.39 is 0 Å². The van der Waals surface area contributed by atoms with Crippen molar-refractivity contribution >= 4 is 6.03 Å². The predicted molar refractivity (Wildman–Crippen MR) is 94.6 cm³/mol. The molecule has 6 nitrogen and oxygen atoms in total. The number of benzene rings is 2. The zero-order valence-electron chi connectivity index (χ0n) is 14.3. The van der Waals surface area contributed by atoms with Crippen molar-refractivity contribution in [3.05, 3.63) is 59.2 Å². The maximum Gasteiger partial charge on any atom is 0.315 e. The molecule has 0 aliphatic carbocycles. The fourth-order valence-electron chi connectivity index (χ4n) is 2.35. The molecule has 0 radical (unpaired) electrons. The number of hydrogen-bond donors (Lipinski definition) is 2. The summed E-state index contributed by atoms with van der Waals surface area (Å²) in [6, 6.07) is 14.7. The summed E-state index contributed by atoms with van der Waals surface area (Å²) in [6.07, 6.45) is 0.678. The SMILES string of the molecule is COc1ccc(CCNC(=O)NCc2cccc(C#N)c2)cc1OC. The number of nitrogens with zero attached hydrogens (tertiary/aromatic N) is 1. The summed E-state index contributed by atoms with van der Waals surface area (Å²) in [5.74, 6) is 1.35. The number of urea groups is 1. The number of methoxy groups -OCH3 is 2. The molecule has 0 heterocycles. The Bertz CT molecular complexity index is 769. The first-order valence-corrected chi connectivity index (χ1v) is 7.88. The van der Waals surface area contributed by atoms with Crippen molar-refractivity contribution in [3.63, 3.8) is 0 Å². The molecule has 2 amide bonds. The first kappa shape index (κ1) is 18.1. The van der Waals surface area contributed by atoms with Gasteiger partial charge in [0.15, 0.2) is 11.5 Å². The summed E-state index contributed by atoms with van der Waals surface area (Å²) < 4.78 is 10.5. The van der Waals surface area contributed by atoms with Crippen LogP contribution >= 0.6 is 0 Å². The van der Waals surface area contributed by atoms with E-state index in [1.165, 1.54) is 0 Å². The summed E-state index contributed by atoms with van der Waals surface area (Å²) in [5, 5.41) is 14.4. The van der Waals surface area contributed by atoms with Crippen molar-refractivity contribution < 1.29 is 14.3 Å². The highest BCUT2D eigenvalue weighted by Gasteiger charge is 2.05. The van der Waals surface area contributed by atoms with E-state index in [4.69, 9.17) is 14.7 Å². The molecule has 0 saturated heterocycles. The first-order chi connectivity index (χ1) is 12.2. The van der Waals surface area contributed by atoms with Gasteiger partial charge >= 0.3 is 6.03 Å². The molecule has 25 heavy (non-hydrogen) atoms. The van der Waals surface area contributed by atoms with Gasteiger partial charge in [-0.25, -0.2) is 4.79 Å². The topological polar surface area (TPSA) is 83.4 Å². The van der Waals surface area contributed by atoms with Crippen LogP contribution in [0.3, 0.4) is 0 Å². The molecule has 2 aromatic carbocycles. The molecule has 0 fully saturated rings. The van der Waals surface area contributed by atoms with Crippen molar-refractivity contribution in [1.29, 1.82) is 5.26 Å². The van der Waals surface area contributed by atoms with Crippen LogP contribution in [0.4, 0.5) is 4.79 Å². The van der Waals surface area contributed by atoms with Gasteiger partial charge in [-0.15, -0.1) is 0 Å². The van der Waals surface area contributed by atoms with Gasteiger partial charge in [0.2, 0.25) is 0 Å². The van der Waals surface area contributed by atoms with Gasteiger partial charge in [-0.3, -0.25) is 0 Å². The standard InChI is InChI=1S/C19H21N3O3/c1-24-17-7-6-14(11-18(17)25-2)8-9-21-19(23)22-13-16-5-3-4-15(10-16)12-20/h3-7,10-11H,8-9,13H2,1-2H3,(H2,21,22,23). The summed E-state index contributed by atoms with van der Waals surface area (Å²) >= 11 is 0. The van der Waals surface area contributed by atoms with E-state index in [1.54, 1.807) is 32.4 Å². The predicted octanol–water partition coefficient (Wildman–Crippen LogP) is 2.62. The van der Waals surface area contributed by atoms with Crippen LogP contribution in [0.25, 0.3) is 0 Å². The molecule has 0 spiro atoms. The number of amides is 2. The molecule has 6 heteroatoms. The van der Waals surface area contributed by atoms with Crippen LogP contribution < -0.4 is 20.1 Å². The van der Waals surface area contributed by atoms with Gasteiger partial charge in [-0.1, -0.05) is 18.2 Å². The quantitative estimate of drug-likeness (QED) is 0.812. The summed E-state index contributed by atoms with van der Waals surface area (Å²) in [6.45, 7) is 0.872. The number of hydrogen-bond acceptors (Lipinski definition) is 4. The largest absolute Gasteiger partial charge is 0.493 e. The fourth-order valence-corrected chi connectivity index (χ4v) is 2.35. The van der Waals surface area contributed by atoms with Crippen LogP contribution in [0.5, 0.6) is 11.5 Å². The highest BCUT2D eigenvalue weighted by atomic mass is 16.5. The molecule has 0 bridgehead atoms. The lowest BCUT2D eigenvalue weighted by atomic mass is 10.1. The third-order valence-corrected chi connectivity index (χ3v) is 3.66. The highest BCUT2D eigenvalue weighted by Crippen LogP contribution is 2.27. The average molecular weight is 339 g/mol. The van der Waals surface area contributed by atoms with Crippen molar-refractivity contribution in [2.24, 2.45) is 0 Å². The van der Waals surface area contributed by atoms with Crippen molar-refractivity contribution in [1.82, 2.24) is 10.6 Å². The van der Waals surface area contributed by atoms with Gasteiger partial charge in [0.1, 0.15) is 0 Å². The Morgan fingerprint density at radius 2 is 1.84 bits per heavy atom. The van der Waals surface area contributed by atoms with Crippen LogP contribution in [-0.2, 0) is 13.0 Å². The van der Waals surface area contributed by atoms with Crippen LogP contribution in [0.15, 0.2) is 42.5 Å². The fraction of sp³-hybridized carbons (Fsp3) is 0.263. The minimum Gasteiger partial charge on any atom is -0.493 e. The minimum absolute atomic E-state index is 0.247. The van der Waals surface area contributed by atoms with Crippen LogP contribution in [-0.4, -0.2) is 26.8 Å². The van der Waals surface area contributed by atoms with Crippen LogP contribution in [0.2, 0.25) is 0 Å². The maximum absolute atomic E-state index is 11.9. The number of ether oxygens (including phenoxy) is 2. The number of rotatable bonds is 7. The average Bonchev–Trinajstić information content (AvgIpc) is 2.66. The van der Waals surface area contributed by atoms with Gasteiger partial charge in [-0.2, -0.15) is 5.26 Å². The number of nitriles is 1. The van der Waals surface area contributed by atoms with E-state index in [-0.39, 0.29) is 6.03 Å². The lowest BCUT2D eigenvalue weighted by molar-refractivity contribution is 0.240. The second-order valence-corrected chi connectivity index (χ2v) is 5.36. The lowest BCUT2D eigenvalue weighted by Crippen LogP contribution is -2.36. The molecule has 0 aromatic heterocycles. The Kier molecular flexibility index (Phi) is 6.66. The van der Waals surface area contributed by atoms with E-state index in [2.05, 4.69) is 16.7 Å². The second-order valence-electron chi connectivity index (χ2n) is 5.36. The van der Waals surface area contributed by atoms with Crippen molar-refractivity contribution in [3.8, 4) is 17.6 Å². The van der Waals surface area contributed by atoms with E-state index in [0.29, 0.717) is 36.6 Å². The van der Waals surface area contributed by atoms with E-state index in [9.17, 15) is 4.79 Å². The second kappa shape index (κ2) is 9.18. The third kappa shape index (κ3) is 5.43. The van der Waals surface area contributed by atoms with Gasteiger partial charge in [0.05, 0.1) is 25.9 Å². The minimum atomic E-state index is -0.247. The molecule has 2 rings (SSSR count). The Balaban J connectivity index is 1.77. The molecular weight excluding hydrogens is 318 g/mol. The number of carbonyl (C=O) groups excluding carboxylic acids is 1. The maximum atomic E-state index is 11.9. The molecule has 0 aliphatic heterocycles. The van der Waals surface area contributed by atoms with Gasteiger partial charge < -0.3 is 20.1 Å². The monoisotopic (exact) mass is 339 g/mol. The molecule has 0 atom stereocenters. The zero-order valence-corrected chi connectivity index (χ0v) is 14.3. The Morgan fingerprint density at radius 3 is 2.56 bits per heavy atom.